The van der Waals surface area contributed by atoms with Gasteiger partial charge < -0.3 is 4.52 Å². The second kappa shape index (κ2) is 4.31. The summed E-state index contributed by atoms with van der Waals surface area (Å²) in [5.41, 5.74) is 0. The Hall–Kier alpha value is -0.560. The van der Waals surface area contributed by atoms with Crippen molar-refractivity contribution < 1.29 is 13.9 Å². The Morgan fingerprint density at radius 1 is 1.57 bits per heavy atom. The van der Waals surface area contributed by atoms with Gasteiger partial charge in [-0.3, -0.25) is 9.36 Å². The van der Waals surface area contributed by atoms with Gasteiger partial charge in [0.25, 0.3) is 0 Å². The van der Waals surface area contributed by atoms with Gasteiger partial charge in [0.05, 0.1) is 5.76 Å². The average molecular weight is 216 g/mol. The SMILES string of the molecule is CC(=O)C1CC=C(OP(C)(C)=O)CC1. The maximum Gasteiger partial charge on any atom is 0.241 e. The van der Waals surface area contributed by atoms with E-state index in [9.17, 15) is 9.36 Å². The van der Waals surface area contributed by atoms with Crippen LogP contribution in [0.2, 0.25) is 0 Å². The summed E-state index contributed by atoms with van der Waals surface area (Å²) in [6, 6.07) is 0. The maximum atomic E-state index is 11.4. The van der Waals surface area contributed by atoms with Crippen LogP contribution >= 0.6 is 7.37 Å². The molecule has 1 unspecified atom stereocenters. The fourth-order valence-electron chi connectivity index (χ4n) is 1.54. The zero-order chi connectivity index (χ0) is 10.8. The zero-order valence-corrected chi connectivity index (χ0v) is 9.84. The van der Waals surface area contributed by atoms with Crippen LogP contribution in [0.3, 0.4) is 0 Å². The van der Waals surface area contributed by atoms with Gasteiger partial charge in [0.1, 0.15) is 5.78 Å². The van der Waals surface area contributed by atoms with E-state index in [2.05, 4.69) is 0 Å². The highest BCUT2D eigenvalue weighted by atomic mass is 31.2. The van der Waals surface area contributed by atoms with Crippen molar-refractivity contribution in [1.29, 1.82) is 0 Å². The van der Waals surface area contributed by atoms with Crippen molar-refractivity contribution in [2.45, 2.75) is 26.2 Å². The lowest BCUT2D eigenvalue weighted by Crippen LogP contribution is -2.14. The molecule has 0 saturated heterocycles. The Kier molecular flexibility index (Phi) is 3.54. The Balaban J connectivity index is 2.54. The van der Waals surface area contributed by atoms with Gasteiger partial charge in [0.2, 0.25) is 7.37 Å². The van der Waals surface area contributed by atoms with E-state index in [0.717, 1.165) is 25.0 Å². The number of ketones is 1. The predicted octanol–water partition coefficient (Wildman–Crippen LogP) is 2.81. The summed E-state index contributed by atoms with van der Waals surface area (Å²) in [5, 5.41) is 0. The van der Waals surface area contributed by atoms with Crippen LogP contribution in [-0.4, -0.2) is 19.1 Å². The Morgan fingerprint density at radius 3 is 2.57 bits per heavy atom. The third-order valence-corrected chi connectivity index (χ3v) is 2.96. The molecule has 1 aliphatic carbocycles. The van der Waals surface area contributed by atoms with Crippen LogP contribution in [0.1, 0.15) is 26.2 Å². The maximum absolute atomic E-state index is 11.4. The van der Waals surface area contributed by atoms with E-state index in [4.69, 9.17) is 4.52 Å². The van der Waals surface area contributed by atoms with Gasteiger partial charge in [-0.15, -0.1) is 0 Å². The van der Waals surface area contributed by atoms with Gasteiger partial charge in [0.15, 0.2) is 0 Å². The monoisotopic (exact) mass is 216 g/mol. The van der Waals surface area contributed by atoms with Crippen molar-refractivity contribution in [3.63, 3.8) is 0 Å². The molecule has 0 spiro atoms. The van der Waals surface area contributed by atoms with E-state index in [1.807, 2.05) is 6.08 Å². The normalized spacial score (nSPS) is 22.8. The van der Waals surface area contributed by atoms with E-state index in [0.29, 0.717) is 0 Å². The van der Waals surface area contributed by atoms with Crippen molar-refractivity contribution >= 4 is 13.2 Å². The molecule has 1 aliphatic rings. The van der Waals surface area contributed by atoms with Crippen LogP contribution in [-0.2, 0) is 13.9 Å². The Bertz CT molecular complexity index is 300. The lowest BCUT2D eigenvalue weighted by atomic mass is 9.90. The summed E-state index contributed by atoms with van der Waals surface area (Å²) in [5.74, 6) is 1.16. The third-order valence-electron chi connectivity index (χ3n) is 2.28. The highest BCUT2D eigenvalue weighted by Crippen LogP contribution is 2.42. The lowest BCUT2D eigenvalue weighted by Gasteiger charge is -2.21. The van der Waals surface area contributed by atoms with Gasteiger partial charge in [0, 0.05) is 25.7 Å². The molecule has 0 bridgehead atoms. The Labute approximate surface area is 85.0 Å². The van der Waals surface area contributed by atoms with Crippen LogP contribution < -0.4 is 0 Å². The van der Waals surface area contributed by atoms with E-state index in [1.54, 1.807) is 20.3 Å². The fraction of sp³-hybridized carbons (Fsp3) is 0.700. The molecule has 4 heteroatoms. The standard InChI is InChI=1S/C10H17O3P/c1-8(11)9-4-6-10(7-5-9)13-14(2,3)12/h6,9H,4-5,7H2,1-3H3. The number of hydrogen-bond donors (Lipinski definition) is 0. The summed E-state index contributed by atoms with van der Waals surface area (Å²) < 4.78 is 16.7. The average Bonchev–Trinajstić information content (AvgIpc) is 2.02. The molecule has 0 amide bonds. The quantitative estimate of drug-likeness (QED) is 0.681. The molecule has 1 rings (SSSR count). The van der Waals surface area contributed by atoms with E-state index < -0.39 is 7.37 Å². The second-order valence-electron chi connectivity index (χ2n) is 4.10. The number of allylic oxidation sites excluding steroid dienone is 2. The molecule has 0 radical (unpaired) electrons. The van der Waals surface area contributed by atoms with E-state index in [-0.39, 0.29) is 11.7 Å². The minimum Gasteiger partial charge on any atom is -0.448 e. The number of hydrogen-bond acceptors (Lipinski definition) is 3. The molecule has 0 saturated carbocycles. The van der Waals surface area contributed by atoms with Gasteiger partial charge in [-0.25, -0.2) is 0 Å². The van der Waals surface area contributed by atoms with Gasteiger partial charge in [-0.05, 0) is 25.8 Å². The first kappa shape index (κ1) is 11.5. The predicted molar refractivity (Wildman–Crippen MR) is 56.6 cm³/mol. The molecule has 80 valence electrons. The Morgan fingerprint density at radius 2 is 2.21 bits per heavy atom. The largest absolute Gasteiger partial charge is 0.448 e. The zero-order valence-electron chi connectivity index (χ0n) is 8.95. The molecule has 0 aromatic heterocycles. The molecule has 0 aromatic rings. The van der Waals surface area contributed by atoms with Crippen LogP contribution in [0.4, 0.5) is 0 Å². The molecule has 3 nitrogen and oxygen atoms in total. The van der Waals surface area contributed by atoms with Crippen molar-refractivity contribution in [3.05, 3.63) is 11.8 Å². The second-order valence-corrected chi connectivity index (χ2v) is 6.78. The number of carbonyl (C=O) groups excluding carboxylic acids is 1. The molecule has 0 aliphatic heterocycles. The molecule has 0 fully saturated rings. The first-order chi connectivity index (χ1) is 6.38. The van der Waals surface area contributed by atoms with Crippen molar-refractivity contribution in [3.8, 4) is 0 Å². The number of Topliss-reactive ketones (excluding diaryl/α,β-unsaturated/α-hetero) is 1. The van der Waals surface area contributed by atoms with Gasteiger partial charge >= 0.3 is 0 Å². The molecule has 0 N–H and O–H groups in total. The van der Waals surface area contributed by atoms with Crippen LogP contribution in [0.25, 0.3) is 0 Å². The number of carbonyl (C=O) groups is 1. The smallest absolute Gasteiger partial charge is 0.241 e. The van der Waals surface area contributed by atoms with Crippen LogP contribution in [0, 0.1) is 5.92 Å². The van der Waals surface area contributed by atoms with Crippen molar-refractivity contribution in [2.75, 3.05) is 13.3 Å². The summed E-state index contributed by atoms with van der Waals surface area (Å²) in [7, 11) is -2.43. The summed E-state index contributed by atoms with van der Waals surface area (Å²) in [6.45, 7) is 4.82. The molecular formula is C10H17O3P. The van der Waals surface area contributed by atoms with Crippen molar-refractivity contribution in [1.82, 2.24) is 0 Å². The van der Waals surface area contributed by atoms with Gasteiger partial charge in [-0.2, -0.15) is 0 Å². The molecule has 0 aromatic carbocycles. The number of rotatable bonds is 3. The first-order valence-electron chi connectivity index (χ1n) is 4.82. The van der Waals surface area contributed by atoms with Crippen LogP contribution in [0.15, 0.2) is 11.8 Å². The molecule has 14 heavy (non-hydrogen) atoms. The van der Waals surface area contributed by atoms with Crippen molar-refractivity contribution in [2.24, 2.45) is 5.92 Å². The fourth-order valence-corrected chi connectivity index (χ4v) is 2.28. The highest BCUT2D eigenvalue weighted by Gasteiger charge is 2.21. The summed E-state index contributed by atoms with van der Waals surface area (Å²) >= 11 is 0. The minimum absolute atomic E-state index is 0.135. The molecule has 0 heterocycles. The topological polar surface area (TPSA) is 43.4 Å². The molecule has 1 atom stereocenters. The minimum atomic E-state index is -2.43. The summed E-state index contributed by atoms with van der Waals surface area (Å²) in [4.78, 5) is 11.1. The summed E-state index contributed by atoms with van der Waals surface area (Å²) in [6.07, 6.45) is 4.18. The first-order valence-corrected chi connectivity index (χ1v) is 7.34. The van der Waals surface area contributed by atoms with E-state index >= 15 is 0 Å². The van der Waals surface area contributed by atoms with E-state index in [1.165, 1.54) is 0 Å². The lowest BCUT2D eigenvalue weighted by molar-refractivity contribution is -0.120. The van der Waals surface area contributed by atoms with Gasteiger partial charge in [-0.1, -0.05) is 0 Å². The molecular weight excluding hydrogens is 199 g/mol. The third kappa shape index (κ3) is 3.67. The highest BCUT2D eigenvalue weighted by molar-refractivity contribution is 7.57. The van der Waals surface area contributed by atoms with Crippen LogP contribution in [0.5, 0.6) is 0 Å².